The van der Waals surface area contributed by atoms with Crippen molar-refractivity contribution in [3.63, 3.8) is 0 Å². The highest BCUT2D eigenvalue weighted by Crippen LogP contribution is 2.25. The standard InChI is InChI=1S/C25H25N7O/c1-18-21(29-24-17-26-16-22(30-24)19-8-3-2-4-9-19)11-7-15-31(18)25(33)20-10-5-6-12-23(20)32-27-13-14-28-32/h2-6,8-10,12-14,16-18,21H,7,11,15H2,1H3,(H,29,30)/t18-,21-/m1/s1. The first-order chi connectivity index (χ1) is 16.2. The summed E-state index contributed by atoms with van der Waals surface area (Å²) < 4.78 is 0. The van der Waals surface area contributed by atoms with Crippen LogP contribution >= 0.6 is 0 Å². The van der Waals surface area contributed by atoms with Crippen LogP contribution in [0, 0.1) is 0 Å². The molecule has 3 heterocycles. The van der Waals surface area contributed by atoms with Gasteiger partial charge in [-0.1, -0.05) is 42.5 Å². The van der Waals surface area contributed by atoms with Crippen molar-refractivity contribution in [3.8, 4) is 16.9 Å². The summed E-state index contributed by atoms with van der Waals surface area (Å²) in [7, 11) is 0. The van der Waals surface area contributed by atoms with Crippen LogP contribution in [-0.2, 0) is 0 Å². The third-order valence-corrected chi connectivity index (χ3v) is 6.05. The molecule has 0 radical (unpaired) electrons. The Morgan fingerprint density at radius 1 is 1.00 bits per heavy atom. The van der Waals surface area contributed by atoms with Gasteiger partial charge in [-0.3, -0.25) is 9.78 Å². The van der Waals surface area contributed by atoms with Crippen LogP contribution < -0.4 is 5.32 Å². The van der Waals surface area contributed by atoms with Crippen molar-refractivity contribution in [2.24, 2.45) is 0 Å². The minimum absolute atomic E-state index is 0.0212. The molecule has 0 saturated carbocycles. The van der Waals surface area contributed by atoms with Crippen molar-refractivity contribution in [1.82, 2.24) is 29.9 Å². The Hall–Kier alpha value is -4.07. The predicted octanol–water partition coefficient (Wildman–Crippen LogP) is 3.83. The number of piperidine rings is 1. The molecule has 1 fully saturated rings. The first kappa shape index (κ1) is 20.8. The number of carbonyl (C=O) groups excluding carboxylic acids is 1. The Morgan fingerprint density at radius 3 is 2.58 bits per heavy atom. The SMILES string of the molecule is C[C@@H]1[C@H](Nc2cncc(-c3ccccc3)n2)CCCN1C(=O)c1ccccc1-n1nccn1. The molecule has 1 amide bonds. The second-order valence-electron chi connectivity index (χ2n) is 8.12. The van der Waals surface area contributed by atoms with Gasteiger partial charge in [0.15, 0.2) is 0 Å². The highest BCUT2D eigenvalue weighted by atomic mass is 16.2. The van der Waals surface area contributed by atoms with Gasteiger partial charge in [0, 0.05) is 24.2 Å². The first-order valence-electron chi connectivity index (χ1n) is 11.1. The number of para-hydroxylation sites is 1. The number of aromatic nitrogens is 5. The number of nitrogens with one attached hydrogen (secondary N) is 1. The van der Waals surface area contributed by atoms with Gasteiger partial charge < -0.3 is 10.2 Å². The summed E-state index contributed by atoms with van der Waals surface area (Å²) in [6.07, 6.45) is 8.57. The van der Waals surface area contributed by atoms with Crippen LogP contribution in [-0.4, -0.2) is 54.4 Å². The fourth-order valence-electron chi connectivity index (χ4n) is 4.32. The number of hydrogen-bond acceptors (Lipinski definition) is 6. The molecule has 33 heavy (non-hydrogen) atoms. The van der Waals surface area contributed by atoms with Gasteiger partial charge >= 0.3 is 0 Å². The van der Waals surface area contributed by atoms with Gasteiger partial charge in [-0.2, -0.15) is 15.0 Å². The van der Waals surface area contributed by atoms with Gasteiger partial charge in [-0.05, 0) is 31.9 Å². The lowest BCUT2D eigenvalue weighted by Crippen LogP contribution is -2.52. The van der Waals surface area contributed by atoms with Crippen LogP contribution in [0.3, 0.4) is 0 Å². The smallest absolute Gasteiger partial charge is 0.256 e. The second-order valence-corrected chi connectivity index (χ2v) is 8.12. The summed E-state index contributed by atoms with van der Waals surface area (Å²) in [4.78, 5) is 26.1. The zero-order chi connectivity index (χ0) is 22.6. The maximum atomic E-state index is 13.6. The van der Waals surface area contributed by atoms with E-state index in [0.717, 1.165) is 24.1 Å². The molecule has 4 aromatic rings. The Balaban J connectivity index is 1.36. The predicted molar refractivity (Wildman–Crippen MR) is 126 cm³/mol. The van der Waals surface area contributed by atoms with Gasteiger partial charge in [-0.25, -0.2) is 4.98 Å². The van der Waals surface area contributed by atoms with E-state index in [4.69, 9.17) is 4.98 Å². The van der Waals surface area contributed by atoms with Crippen LogP contribution in [0.2, 0.25) is 0 Å². The molecule has 0 aliphatic carbocycles. The van der Waals surface area contributed by atoms with Crippen molar-refractivity contribution >= 4 is 11.7 Å². The Bertz CT molecular complexity index is 1230. The number of anilines is 1. The Labute approximate surface area is 192 Å². The van der Waals surface area contributed by atoms with Crippen molar-refractivity contribution in [2.45, 2.75) is 31.8 Å². The molecule has 2 aromatic heterocycles. The van der Waals surface area contributed by atoms with E-state index >= 15 is 0 Å². The van der Waals surface area contributed by atoms with Crippen LogP contribution in [0.4, 0.5) is 5.82 Å². The summed E-state index contributed by atoms with van der Waals surface area (Å²) in [5.41, 5.74) is 3.10. The molecule has 8 heteroatoms. The van der Waals surface area contributed by atoms with Crippen molar-refractivity contribution < 1.29 is 4.79 Å². The third kappa shape index (κ3) is 4.32. The van der Waals surface area contributed by atoms with E-state index in [0.29, 0.717) is 23.6 Å². The zero-order valence-electron chi connectivity index (χ0n) is 18.4. The number of likely N-dealkylation sites (tertiary alicyclic amines) is 1. The van der Waals surface area contributed by atoms with E-state index in [1.54, 1.807) is 24.8 Å². The third-order valence-electron chi connectivity index (χ3n) is 6.05. The topological polar surface area (TPSA) is 88.8 Å². The molecule has 166 valence electrons. The fraction of sp³-hybridized carbons (Fsp3) is 0.240. The Morgan fingerprint density at radius 2 is 1.76 bits per heavy atom. The van der Waals surface area contributed by atoms with Crippen LogP contribution in [0.25, 0.3) is 16.9 Å². The number of carbonyl (C=O) groups is 1. The molecule has 0 spiro atoms. The van der Waals surface area contributed by atoms with Crippen LogP contribution in [0.1, 0.15) is 30.1 Å². The van der Waals surface area contributed by atoms with E-state index in [-0.39, 0.29) is 18.0 Å². The normalized spacial score (nSPS) is 18.2. The Kier molecular flexibility index (Phi) is 5.80. The quantitative estimate of drug-likeness (QED) is 0.508. The van der Waals surface area contributed by atoms with E-state index in [1.165, 1.54) is 4.80 Å². The lowest BCUT2D eigenvalue weighted by molar-refractivity contribution is 0.0616. The summed E-state index contributed by atoms with van der Waals surface area (Å²) in [5, 5.41) is 11.9. The highest BCUT2D eigenvalue weighted by Gasteiger charge is 2.33. The van der Waals surface area contributed by atoms with Gasteiger partial charge in [-0.15, -0.1) is 0 Å². The molecule has 2 atom stereocenters. The summed E-state index contributed by atoms with van der Waals surface area (Å²) >= 11 is 0. The number of hydrogen-bond donors (Lipinski definition) is 1. The molecular weight excluding hydrogens is 414 g/mol. The largest absolute Gasteiger partial charge is 0.364 e. The molecule has 1 N–H and O–H groups in total. The average molecular weight is 440 g/mol. The zero-order valence-corrected chi connectivity index (χ0v) is 18.4. The monoisotopic (exact) mass is 439 g/mol. The summed E-state index contributed by atoms with van der Waals surface area (Å²) in [5.74, 6) is 0.690. The molecule has 0 unspecified atom stereocenters. The van der Waals surface area contributed by atoms with Crippen LogP contribution in [0.15, 0.2) is 79.4 Å². The van der Waals surface area contributed by atoms with E-state index < -0.39 is 0 Å². The molecule has 1 aliphatic heterocycles. The molecule has 5 rings (SSSR count). The van der Waals surface area contributed by atoms with Crippen molar-refractivity contribution in [1.29, 1.82) is 0 Å². The van der Waals surface area contributed by atoms with Gasteiger partial charge in [0.25, 0.3) is 5.91 Å². The first-order valence-corrected chi connectivity index (χ1v) is 11.1. The van der Waals surface area contributed by atoms with E-state index in [2.05, 4.69) is 27.4 Å². The van der Waals surface area contributed by atoms with Crippen molar-refractivity contribution in [2.75, 3.05) is 11.9 Å². The number of nitrogens with zero attached hydrogens (tertiary/aromatic N) is 6. The highest BCUT2D eigenvalue weighted by molar-refractivity contribution is 5.98. The minimum Gasteiger partial charge on any atom is -0.364 e. The van der Waals surface area contributed by atoms with Gasteiger partial charge in [0.2, 0.25) is 0 Å². The van der Waals surface area contributed by atoms with Gasteiger partial charge in [0.1, 0.15) is 5.82 Å². The summed E-state index contributed by atoms with van der Waals surface area (Å²) in [6, 6.07) is 17.5. The molecular formula is C25H25N7O. The number of amides is 1. The second kappa shape index (κ2) is 9.20. The number of rotatable bonds is 5. The summed E-state index contributed by atoms with van der Waals surface area (Å²) in [6.45, 7) is 2.78. The van der Waals surface area contributed by atoms with Crippen LogP contribution in [0.5, 0.6) is 0 Å². The lowest BCUT2D eigenvalue weighted by Gasteiger charge is -2.40. The minimum atomic E-state index is -0.0222. The van der Waals surface area contributed by atoms with Crippen molar-refractivity contribution in [3.05, 3.63) is 84.9 Å². The molecule has 0 bridgehead atoms. The lowest BCUT2D eigenvalue weighted by atomic mass is 9.96. The van der Waals surface area contributed by atoms with E-state index in [9.17, 15) is 4.79 Å². The van der Waals surface area contributed by atoms with Gasteiger partial charge in [0.05, 0.1) is 41.7 Å². The fourth-order valence-corrected chi connectivity index (χ4v) is 4.32. The number of benzene rings is 2. The maximum absolute atomic E-state index is 13.6. The average Bonchev–Trinajstić information content (AvgIpc) is 3.41. The molecule has 1 saturated heterocycles. The molecule has 1 aliphatic rings. The molecule has 2 aromatic carbocycles. The van der Waals surface area contributed by atoms with E-state index in [1.807, 2.05) is 59.5 Å². The molecule has 8 nitrogen and oxygen atoms in total. The maximum Gasteiger partial charge on any atom is 0.256 e.